The Morgan fingerprint density at radius 2 is 1.64 bits per heavy atom. The predicted octanol–water partition coefficient (Wildman–Crippen LogP) is 2.18. The van der Waals surface area contributed by atoms with Crippen LogP contribution >= 0.6 is 0 Å². The van der Waals surface area contributed by atoms with E-state index in [1.165, 1.54) is 14.0 Å². The minimum atomic E-state index is -1.82. The molecule has 0 aliphatic carbocycles. The Labute approximate surface area is 329 Å². The third kappa shape index (κ3) is 11.2. The van der Waals surface area contributed by atoms with Crippen LogP contribution in [0.15, 0.2) is 0 Å². The van der Waals surface area contributed by atoms with Crippen molar-refractivity contribution in [2.45, 2.75) is 192 Å². The number of methoxy groups -OCH3 is 1. The topological polar surface area (TPSA) is 204 Å². The number of aliphatic hydroxyl groups is 5. The van der Waals surface area contributed by atoms with Crippen molar-refractivity contribution in [3.05, 3.63) is 0 Å². The van der Waals surface area contributed by atoms with Crippen molar-refractivity contribution in [3.8, 4) is 6.07 Å². The van der Waals surface area contributed by atoms with Gasteiger partial charge >= 0.3 is 5.97 Å². The molecule has 3 aliphatic rings. The second kappa shape index (κ2) is 19.5. The molecule has 0 radical (unpaired) electrons. The van der Waals surface area contributed by atoms with Crippen LogP contribution in [0.1, 0.15) is 101 Å². The van der Waals surface area contributed by atoms with Crippen LogP contribution in [0, 0.1) is 29.1 Å². The smallest absolute Gasteiger partial charge is 0.311 e. The second-order valence-corrected chi connectivity index (χ2v) is 17.6. The van der Waals surface area contributed by atoms with Gasteiger partial charge < -0.3 is 58.9 Å². The van der Waals surface area contributed by atoms with E-state index in [2.05, 4.69) is 6.07 Å². The van der Waals surface area contributed by atoms with Crippen LogP contribution in [0.4, 0.5) is 0 Å². The third-order valence-electron chi connectivity index (χ3n) is 12.7. The van der Waals surface area contributed by atoms with Gasteiger partial charge in [-0.05, 0) is 87.7 Å². The van der Waals surface area contributed by atoms with Crippen molar-refractivity contribution in [3.63, 3.8) is 0 Å². The first-order chi connectivity index (χ1) is 25.4. The van der Waals surface area contributed by atoms with Gasteiger partial charge in [0.25, 0.3) is 0 Å². The number of nitrogens with zero attached hydrogens (tertiary/aromatic N) is 3. The second-order valence-electron chi connectivity index (χ2n) is 17.6. The van der Waals surface area contributed by atoms with E-state index in [1.54, 1.807) is 48.5 Å². The highest BCUT2D eigenvalue weighted by molar-refractivity contribution is 5.73. The number of esters is 1. The zero-order chi connectivity index (χ0) is 41.8. The third-order valence-corrected chi connectivity index (χ3v) is 12.7. The van der Waals surface area contributed by atoms with Gasteiger partial charge in [-0.15, -0.1) is 0 Å². The van der Waals surface area contributed by atoms with Crippen molar-refractivity contribution >= 4 is 5.97 Å². The summed E-state index contributed by atoms with van der Waals surface area (Å²) in [5, 5.41) is 67.7. The van der Waals surface area contributed by atoms with E-state index >= 15 is 0 Å². The SMILES string of the molecule is CC[C@H]1OC(=O)[C@H](C)[C@@H](O[C@H]2C[C@@](C)(OC)[C@@H](O)[C@H](C)O2)[C@H](C)[C@@H](O[C@@H]2O[C@H](C)C[C@H](N(C)CCC#N)[C@H]2O)[C@](C)(O)C[C@@H](C)CN(C)[C@H](C)[C@@H](O)[C@]1(C)O. The van der Waals surface area contributed by atoms with Crippen LogP contribution in [0.2, 0.25) is 0 Å². The number of rotatable bonds is 9. The number of hydrogen-bond donors (Lipinski definition) is 5. The van der Waals surface area contributed by atoms with Crippen LogP contribution < -0.4 is 0 Å². The maximum atomic E-state index is 14.3. The van der Waals surface area contributed by atoms with Crippen molar-refractivity contribution in [1.82, 2.24) is 9.80 Å². The molecular weight excluding hydrogens is 714 g/mol. The van der Waals surface area contributed by atoms with E-state index in [9.17, 15) is 35.6 Å². The fourth-order valence-corrected chi connectivity index (χ4v) is 9.05. The maximum Gasteiger partial charge on any atom is 0.311 e. The van der Waals surface area contributed by atoms with Gasteiger partial charge in [0.05, 0.1) is 47.6 Å². The molecule has 3 heterocycles. The molecular formula is C40H73N3O12. The van der Waals surface area contributed by atoms with Crippen molar-refractivity contribution < 1.29 is 58.7 Å². The van der Waals surface area contributed by atoms with Gasteiger partial charge in [0.2, 0.25) is 0 Å². The maximum absolute atomic E-state index is 14.3. The number of nitriles is 1. The largest absolute Gasteiger partial charge is 0.459 e. The summed E-state index contributed by atoms with van der Waals surface area (Å²) in [6.07, 6.45) is -8.54. The number of cyclic esters (lactones) is 1. The Kier molecular flexibility index (Phi) is 17.0. The molecule has 320 valence electrons. The molecule has 0 saturated carbocycles. The summed E-state index contributed by atoms with van der Waals surface area (Å²) < 4.78 is 37.6. The van der Waals surface area contributed by atoms with Crippen LogP contribution in [-0.2, 0) is 33.2 Å². The number of likely N-dealkylation sites (N-methyl/N-ethyl adjacent to an activating group) is 2. The van der Waals surface area contributed by atoms with Crippen LogP contribution in [0.5, 0.6) is 0 Å². The number of carbonyl (C=O) groups excluding carboxylic acids is 1. The molecule has 0 aromatic carbocycles. The quantitative estimate of drug-likeness (QED) is 0.213. The minimum Gasteiger partial charge on any atom is -0.459 e. The first-order valence-electron chi connectivity index (χ1n) is 20.1. The lowest BCUT2D eigenvalue weighted by molar-refractivity contribution is -0.318. The predicted molar refractivity (Wildman–Crippen MR) is 203 cm³/mol. The molecule has 3 fully saturated rings. The minimum absolute atomic E-state index is 0.111. The molecule has 3 saturated heterocycles. The monoisotopic (exact) mass is 788 g/mol. The molecule has 0 bridgehead atoms. The number of ether oxygens (including phenoxy) is 6. The van der Waals surface area contributed by atoms with E-state index in [-0.39, 0.29) is 37.7 Å². The molecule has 0 unspecified atom stereocenters. The van der Waals surface area contributed by atoms with Gasteiger partial charge in [0, 0.05) is 51.0 Å². The van der Waals surface area contributed by atoms with E-state index < -0.39 is 102 Å². The number of aliphatic hydroxyl groups excluding tert-OH is 3. The van der Waals surface area contributed by atoms with Gasteiger partial charge in [-0.2, -0.15) is 5.26 Å². The lowest BCUT2D eigenvalue weighted by Gasteiger charge is -2.49. The van der Waals surface area contributed by atoms with E-state index in [4.69, 9.17) is 28.4 Å². The Hall–Kier alpha value is -1.52. The van der Waals surface area contributed by atoms with Gasteiger partial charge in [-0.3, -0.25) is 9.69 Å². The molecule has 3 rings (SSSR count). The number of carbonyl (C=O) groups is 1. The standard InChI is InChI=1S/C40H73N3O12/c1-14-29-40(10,49)33(45)26(6)43(12)21-22(2)19-38(8,48)35(55-37-31(44)28(18-23(3)51-37)42(11)17-15-16-41)24(4)32(25(5)36(47)53-29)54-30-20-39(9,50-13)34(46)27(7)52-30/h22-35,37,44-46,48-49H,14-15,17-21H2,1-13H3/t22-,23-,24+,25-,26-,27+,28+,29-,30+,31-,32+,33-,34+,35-,37+,38-,39-,40-/m1/s1. The first-order valence-corrected chi connectivity index (χ1v) is 20.1. The van der Waals surface area contributed by atoms with E-state index in [0.717, 1.165) is 0 Å². The van der Waals surface area contributed by atoms with Gasteiger partial charge in [0.1, 0.15) is 30.0 Å². The van der Waals surface area contributed by atoms with Crippen LogP contribution in [0.25, 0.3) is 0 Å². The summed E-state index contributed by atoms with van der Waals surface area (Å²) in [4.78, 5) is 18.1. The molecule has 15 nitrogen and oxygen atoms in total. The Morgan fingerprint density at radius 3 is 2.22 bits per heavy atom. The van der Waals surface area contributed by atoms with Crippen molar-refractivity contribution in [1.29, 1.82) is 5.26 Å². The number of hydrogen-bond acceptors (Lipinski definition) is 15. The van der Waals surface area contributed by atoms with Gasteiger partial charge in [-0.25, -0.2) is 0 Å². The average molecular weight is 788 g/mol. The molecule has 0 amide bonds. The summed E-state index contributed by atoms with van der Waals surface area (Å²) in [5.74, 6) is -2.71. The Balaban J connectivity index is 2.17. The Bertz CT molecular complexity index is 1270. The Morgan fingerprint density at radius 1 is 1.00 bits per heavy atom. The van der Waals surface area contributed by atoms with E-state index in [1.807, 2.05) is 37.7 Å². The van der Waals surface area contributed by atoms with E-state index in [0.29, 0.717) is 19.5 Å². The highest BCUT2D eigenvalue weighted by atomic mass is 16.7. The van der Waals surface area contributed by atoms with Crippen LogP contribution in [0.3, 0.4) is 0 Å². The molecule has 18 atom stereocenters. The normalized spacial score (nSPS) is 47.4. The molecule has 0 aromatic rings. The summed E-state index contributed by atoms with van der Waals surface area (Å²) in [7, 11) is 5.17. The lowest BCUT2D eigenvalue weighted by atomic mass is 9.77. The van der Waals surface area contributed by atoms with Gasteiger partial charge in [0.15, 0.2) is 12.6 Å². The summed E-state index contributed by atoms with van der Waals surface area (Å²) in [6, 6.07) is 1.19. The van der Waals surface area contributed by atoms with Crippen molar-refractivity contribution in [2.24, 2.45) is 17.8 Å². The summed E-state index contributed by atoms with van der Waals surface area (Å²) in [6.45, 7) is 18.3. The molecule has 55 heavy (non-hydrogen) atoms. The first kappa shape index (κ1) is 47.9. The molecule has 0 aromatic heterocycles. The summed E-state index contributed by atoms with van der Waals surface area (Å²) in [5.41, 5.74) is -4.46. The van der Waals surface area contributed by atoms with Crippen molar-refractivity contribution in [2.75, 3.05) is 34.3 Å². The molecule has 3 aliphatic heterocycles. The molecule has 15 heteroatoms. The fraction of sp³-hybridized carbons (Fsp3) is 0.950. The van der Waals surface area contributed by atoms with Crippen LogP contribution in [-0.4, -0.2) is 166 Å². The summed E-state index contributed by atoms with van der Waals surface area (Å²) >= 11 is 0. The molecule has 5 N–H and O–H groups in total. The van der Waals surface area contributed by atoms with Gasteiger partial charge in [-0.1, -0.05) is 20.8 Å². The zero-order valence-electron chi connectivity index (χ0n) is 35.5. The highest BCUT2D eigenvalue weighted by Crippen LogP contribution is 2.40. The fourth-order valence-electron chi connectivity index (χ4n) is 9.05. The zero-order valence-corrected chi connectivity index (χ0v) is 35.5. The highest BCUT2D eigenvalue weighted by Gasteiger charge is 2.52. The average Bonchev–Trinajstić information content (AvgIpc) is 3.11. The lowest BCUT2D eigenvalue weighted by Crippen LogP contribution is -2.60. The molecule has 0 spiro atoms.